The van der Waals surface area contributed by atoms with Crippen LogP contribution in [0.1, 0.15) is 26.3 Å². The molecule has 1 aromatic carbocycles. The summed E-state index contributed by atoms with van der Waals surface area (Å²) in [4.78, 5) is 18.3. The minimum atomic E-state index is -3.14. The van der Waals surface area contributed by atoms with Crippen molar-refractivity contribution < 1.29 is 17.6 Å². The maximum absolute atomic E-state index is 14.0. The average molecular weight is 384 g/mol. The highest BCUT2D eigenvalue weighted by atomic mass is 32.2. The number of carbonyl (C=O) groups is 1. The molecular formula is C17H21FN2O3S2. The first-order valence-electron chi connectivity index (χ1n) is 8.03. The van der Waals surface area contributed by atoms with Gasteiger partial charge in [-0.3, -0.25) is 4.79 Å². The highest BCUT2D eigenvalue weighted by Gasteiger charge is 2.49. The monoisotopic (exact) mass is 384 g/mol. The van der Waals surface area contributed by atoms with Gasteiger partial charge in [0.2, 0.25) is 0 Å². The molecular weight excluding hydrogens is 363 g/mol. The lowest BCUT2D eigenvalue weighted by Gasteiger charge is -2.25. The number of amides is 1. The summed E-state index contributed by atoms with van der Waals surface area (Å²) in [7, 11) is -3.14. The van der Waals surface area contributed by atoms with Crippen molar-refractivity contribution in [2.75, 3.05) is 16.4 Å². The molecule has 1 amide bonds. The van der Waals surface area contributed by atoms with Crippen molar-refractivity contribution in [3.63, 3.8) is 0 Å². The molecule has 0 spiro atoms. The number of amidine groups is 1. The van der Waals surface area contributed by atoms with E-state index in [1.54, 1.807) is 44.7 Å². The smallest absolute Gasteiger partial charge is 0.253 e. The predicted octanol–water partition coefficient (Wildman–Crippen LogP) is 2.78. The molecule has 2 heterocycles. The Kier molecular flexibility index (Phi) is 4.48. The van der Waals surface area contributed by atoms with Gasteiger partial charge in [-0.25, -0.2) is 12.8 Å². The first kappa shape index (κ1) is 18.4. The minimum Gasteiger partial charge on any atom is -0.315 e. The molecule has 8 heteroatoms. The van der Waals surface area contributed by atoms with Crippen LogP contribution >= 0.6 is 11.8 Å². The van der Waals surface area contributed by atoms with Crippen molar-refractivity contribution in [3.05, 3.63) is 29.6 Å². The molecule has 0 bridgehead atoms. The third-order valence-electron chi connectivity index (χ3n) is 4.34. The summed E-state index contributed by atoms with van der Waals surface area (Å²) in [5, 5.41) is 0.258. The lowest BCUT2D eigenvalue weighted by atomic mass is 9.96. The molecule has 2 saturated heterocycles. The normalized spacial score (nSPS) is 26.9. The average Bonchev–Trinajstić information content (AvgIpc) is 2.92. The number of sulfone groups is 1. The maximum Gasteiger partial charge on any atom is 0.253 e. The summed E-state index contributed by atoms with van der Waals surface area (Å²) in [6.07, 6.45) is 0. The highest BCUT2D eigenvalue weighted by Crippen LogP contribution is 2.41. The number of anilines is 1. The summed E-state index contributed by atoms with van der Waals surface area (Å²) >= 11 is 1.29. The van der Waals surface area contributed by atoms with Gasteiger partial charge >= 0.3 is 0 Å². The van der Waals surface area contributed by atoms with Gasteiger partial charge in [0.1, 0.15) is 5.82 Å². The Morgan fingerprint density at radius 2 is 2.00 bits per heavy atom. The molecule has 2 fully saturated rings. The van der Waals surface area contributed by atoms with E-state index in [1.807, 2.05) is 0 Å². The molecule has 1 aromatic rings. The number of hydrogen-bond donors (Lipinski definition) is 0. The van der Waals surface area contributed by atoms with Gasteiger partial charge in [-0.2, -0.15) is 4.99 Å². The van der Waals surface area contributed by atoms with Crippen LogP contribution in [0.5, 0.6) is 0 Å². The number of fused-ring (bicyclic) bond motifs is 1. The van der Waals surface area contributed by atoms with Crippen LogP contribution < -0.4 is 4.90 Å². The zero-order chi connectivity index (χ0) is 18.6. The van der Waals surface area contributed by atoms with Crippen molar-refractivity contribution in [3.8, 4) is 0 Å². The fourth-order valence-corrected chi connectivity index (χ4v) is 6.76. The third-order valence-corrected chi connectivity index (χ3v) is 7.55. The number of nitrogens with zero attached hydrogens (tertiary/aromatic N) is 2. The molecule has 5 nitrogen and oxygen atoms in total. The van der Waals surface area contributed by atoms with Crippen molar-refractivity contribution in [2.45, 2.75) is 39.0 Å². The summed E-state index contributed by atoms with van der Waals surface area (Å²) in [5.41, 5.74) is 0.401. The zero-order valence-corrected chi connectivity index (χ0v) is 16.2. The number of hydrogen-bond acceptors (Lipinski definition) is 4. The number of aliphatic imine (C=N–C) groups is 1. The van der Waals surface area contributed by atoms with Crippen LogP contribution in [0.25, 0.3) is 0 Å². The fourth-order valence-electron chi connectivity index (χ4n) is 2.85. The lowest BCUT2D eigenvalue weighted by molar-refractivity contribution is -0.124. The molecule has 25 heavy (non-hydrogen) atoms. The third kappa shape index (κ3) is 3.60. The van der Waals surface area contributed by atoms with Crippen LogP contribution in [0.3, 0.4) is 0 Å². The van der Waals surface area contributed by atoms with Crippen molar-refractivity contribution >= 4 is 38.4 Å². The SMILES string of the molecule is Cc1ccc(N2C(=NC(=O)C(C)(C)C)S[C@H]3CS(=O)(=O)C[C@@H]32)cc1F. The van der Waals surface area contributed by atoms with Gasteiger partial charge in [0.25, 0.3) is 5.91 Å². The van der Waals surface area contributed by atoms with E-state index >= 15 is 0 Å². The number of halogens is 1. The Balaban J connectivity index is 2.05. The number of rotatable bonds is 1. The summed E-state index contributed by atoms with van der Waals surface area (Å²) in [5.74, 6) is -0.609. The Morgan fingerprint density at radius 3 is 2.60 bits per heavy atom. The lowest BCUT2D eigenvalue weighted by Crippen LogP contribution is -2.38. The van der Waals surface area contributed by atoms with Crippen molar-refractivity contribution in [2.24, 2.45) is 10.4 Å². The number of benzene rings is 1. The van der Waals surface area contributed by atoms with Crippen molar-refractivity contribution in [1.29, 1.82) is 0 Å². The molecule has 2 aliphatic heterocycles. The molecule has 2 atom stereocenters. The van der Waals surface area contributed by atoms with Gasteiger partial charge in [0, 0.05) is 16.4 Å². The molecule has 0 aliphatic carbocycles. The molecule has 3 rings (SSSR count). The minimum absolute atomic E-state index is 0.0110. The van der Waals surface area contributed by atoms with E-state index < -0.39 is 15.3 Å². The Hall–Kier alpha value is -1.41. The Bertz CT molecular complexity index is 859. The van der Waals surface area contributed by atoms with E-state index in [9.17, 15) is 17.6 Å². The van der Waals surface area contributed by atoms with E-state index in [1.165, 1.54) is 17.8 Å². The summed E-state index contributed by atoms with van der Waals surface area (Å²) in [6.45, 7) is 7.00. The van der Waals surface area contributed by atoms with Crippen LogP contribution in [0, 0.1) is 18.2 Å². The molecule has 0 unspecified atom stereocenters. The molecule has 136 valence electrons. The van der Waals surface area contributed by atoms with Crippen molar-refractivity contribution in [1.82, 2.24) is 0 Å². The van der Waals surface area contributed by atoms with E-state index in [2.05, 4.69) is 4.99 Å². The summed E-state index contributed by atoms with van der Waals surface area (Å²) < 4.78 is 38.1. The Morgan fingerprint density at radius 1 is 1.32 bits per heavy atom. The Labute approximate surface area is 151 Å². The second-order valence-corrected chi connectivity index (χ2v) is 10.9. The van der Waals surface area contributed by atoms with Gasteiger partial charge in [-0.1, -0.05) is 38.6 Å². The highest BCUT2D eigenvalue weighted by molar-refractivity contribution is 8.16. The maximum atomic E-state index is 14.0. The van der Waals surface area contributed by atoms with Crippen LogP contribution in [0.4, 0.5) is 10.1 Å². The molecule has 2 aliphatic rings. The molecule has 0 N–H and O–H groups in total. The topological polar surface area (TPSA) is 66.8 Å². The summed E-state index contributed by atoms with van der Waals surface area (Å²) in [6, 6.07) is 4.43. The van der Waals surface area contributed by atoms with Gasteiger partial charge in [-0.05, 0) is 24.6 Å². The number of carbonyl (C=O) groups excluding carboxylic acids is 1. The molecule has 0 aromatic heterocycles. The standard InChI is InChI=1S/C17H21FN2O3S2/c1-10-5-6-11(7-12(10)18)20-13-8-25(22,23)9-14(13)24-16(20)19-15(21)17(2,3)4/h5-7,13-14H,8-9H2,1-4H3/t13-,14-/m0/s1. The van der Waals surface area contributed by atoms with E-state index in [4.69, 9.17) is 0 Å². The van der Waals surface area contributed by atoms with Crippen LogP contribution in [-0.2, 0) is 14.6 Å². The van der Waals surface area contributed by atoms with Gasteiger partial charge in [-0.15, -0.1) is 0 Å². The van der Waals surface area contributed by atoms with Gasteiger partial charge < -0.3 is 4.90 Å². The van der Waals surface area contributed by atoms with Gasteiger partial charge in [0.15, 0.2) is 15.0 Å². The van der Waals surface area contributed by atoms with Gasteiger partial charge in [0.05, 0.1) is 17.5 Å². The van der Waals surface area contributed by atoms with E-state index in [-0.39, 0.29) is 34.5 Å². The van der Waals surface area contributed by atoms with Crippen LogP contribution in [0.15, 0.2) is 23.2 Å². The molecule has 0 radical (unpaired) electrons. The van der Waals surface area contributed by atoms with Crippen LogP contribution in [-0.4, -0.2) is 42.3 Å². The largest absolute Gasteiger partial charge is 0.315 e. The number of thioether (sulfide) groups is 1. The molecule has 0 saturated carbocycles. The first-order chi connectivity index (χ1) is 11.5. The van der Waals surface area contributed by atoms with E-state index in [0.717, 1.165) is 0 Å². The zero-order valence-electron chi connectivity index (χ0n) is 14.6. The predicted molar refractivity (Wildman–Crippen MR) is 99.3 cm³/mol. The quantitative estimate of drug-likeness (QED) is 0.745. The number of aryl methyl sites for hydroxylation is 1. The second-order valence-electron chi connectivity index (χ2n) is 7.55. The van der Waals surface area contributed by atoms with Crippen LogP contribution in [0.2, 0.25) is 0 Å². The van der Waals surface area contributed by atoms with E-state index in [0.29, 0.717) is 16.4 Å². The first-order valence-corrected chi connectivity index (χ1v) is 10.7. The second kappa shape index (κ2) is 6.09. The fraction of sp³-hybridized carbons (Fsp3) is 0.529.